The molecule has 7 heteroatoms. The summed E-state index contributed by atoms with van der Waals surface area (Å²) < 4.78 is 1.74. The van der Waals surface area contributed by atoms with E-state index in [2.05, 4.69) is 12.2 Å². The quantitative estimate of drug-likeness (QED) is 0.409. The Bertz CT molecular complexity index is 1100. The average molecular weight is 430 g/mol. The van der Waals surface area contributed by atoms with Gasteiger partial charge in [-0.05, 0) is 51.3 Å². The average Bonchev–Trinajstić information content (AvgIpc) is 2.97. The van der Waals surface area contributed by atoms with E-state index < -0.39 is 0 Å². The molecule has 3 aromatic rings. The Morgan fingerprint density at radius 2 is 2.00 bits per heavy atom. The predicted octanol–water partition coefficient (Wildman–Crippen LogP) is 5.30. The zero-order valence-corrected chi connectivity index (χ0v) is 19.2. The third-order valence-corrected chi connectivity index (χ3v) is 7.23. The summed E-state index contributed by atoms with van der Waals surface area (Å²) in [4.78, 5) is 32.6. The Morgan fingerprint density at radius 3 is 2.69 bits per heavy atom. The molecule has 1 aromatic carbocycles. The third kappa shape index (κ3) is 4.56. The summed E-state index contributed by atoms with van der Waals surface area (Å²) >= 11 is 2.89. The molecular weight excluding hydrogens is 402 g/mol. The molecule has 5 nitrogen and oxygen atoms in total. The number of unbranched alkanes of at least 4 members (excludes halogenated alkanes) is 1. The molecule has 0 spiro atoms. The molecule has 0 bridgehead atoms. The van der Waals surface area contributed by atoms with Crippen LogP contribution in [0.25, 0.3) is 10.2 Å². The zero-order valence-electron chi connectivity index (χ0n) is 17.5. The van der Waals surface area contributed by atoms with Crippen LogP contribution >= 0.6 is 23.1 Å². The largest absolute Gasteiger partial charge is 0.325 e. The SMILES string of the molecule is CCCCn1c(SC(C)C(=O)Nc2ccccc2C)nc2sc(C)c(C)c2c1=O. The van der Waals surface area contributed by atoms with Crippen molar-refractivity contribution in [1.82, 2.24) is 9.55 Å². The Hall–Kier alpha value is -2.12. The van der Waals surface area contributed by atoms with E-state index in [4.69, 9.17) is 4.98 Å². The predicted molar refractivity (Wildman–Crippen MR) is 123 cm³/mol. The molecule has 1 amide bonds. The van der Waals surface area contributed by atoms with E-state index in [1.54, 1.807) is 15.9 Å². The minimum atomic E-state index is -0.381. The van der Waals surface area contributed by atoms with Gasteiger partial charge in [0.2, 0.25) is 5.91 Å². The maximum absolute atomic E-state index is 13.2. The van der Waals surface area contributed by atoms with Crippen molar-refractivity contribution in [3.63, 3.8) is 0 Å². The van der Waals surface area contributed by atoms with Crippen molar-refractivity contribution in [2.75, 3.05) is 5.32 Å². The minimum Gasteiger partial charge on any atom is -0.325 e. The number of amides is 1. The van der Waals surface area contributed by atoms with Crippen molar-refractivity contribution < 1.29 is 4.79 Å². The summed E-state index contributed by atoms with van der Waals surface area (Å²) in [6.07, 6.45) is 1.88. The Morgan fingerprint density at radius 1 is 1.28 bits per heavy atom. The maximum Gasteiger partial charge on any atom is 0.263 e. The number of thioether (sulfide) groups is 1. The number of rotatable bonds is 7. The van der Waals surface area contributed by atoms with Crippen LogP contribution in [-0.2, 0) is 11.3 Å². The van der Waals surface area contributed by atoms with Gasteiger partial charge in [-0.2, -0.15) is 0 Å². The molecule has 154 valence electrons. The number of fused-ring (bicyclic) bond motifs is 1. The minimum absolute atomic E-state index is 0.000637. The van der Waals surface area contributed by atoms with E-state index in [9.17, 15) is 9.59 Å². The van der Waals surface area contributed by atoms with Gasteiger partial charge in [-0.3, -0.25) is 14.2 Å². The summed E-state index contributed by atoms with van der Waals surface area (Å²) in [5.41, 5.74) is 2.83. The van der Waals surface area contributed by atoms with Crippen LogP contribution in [0.5, 0.6) is 0 Å². The number of carbonyl (C=O) groups excluding carboxylic acids is 1. The van der Waals surface area contributed by atoms with Crippen molar-refractivity contribution in [2.45, 2.75) is 64.4 Å². The summed E-state index contributed by atoms with van der Waals surface area (Å²) in [6.45, 7) is 10.5. The number of hydrogen-bond donors (Lipinski definition) is 1. The molecule has 0 aliphatic rings. The van der Waals surface area contributed by atoms with Gasteiger partial charge < -0.3 is 5.32 Å². The van der Waals surface area contributed by atoms with E-state index in [1.807, 2.05) is 52.0 Å². The molecule has 0 aliphatic heterocycles. The van der Waals surface area contributed by atoms with Crippen LogP contribution < -0.4 is 10.9 Å². The number of nitrogens with zero attached hydrogens (tertiary/aromatic N) is 2. The highest BCUT2D eigenvalue weighted by Gasteiger charge is 2.21. The molecule has 1 N–H and O–H groups in total. The van der Waals surface area contributed by atoms with Crippen molar-refractivity contribution in [1.29, 1.82) is 0 Å². The molecular formula is C22H27N3O2S2. The first kappa shape index (κ1) is 21.6. The van der Waals surface area contributed by atoms with E-state index in [1.165, 1.54) is 11.8 Å². The second kappa shape index (κ2) is 9.13. The van der Waals surface area contributed by atoms with Gasteiger partial charge in [0.25, 0.3) is 5.56 Å². The second-order valence-electron chi connectivity index (χ2n) is 7.23. The van der Waals surface area contributed by atoms with Gasteiger partial charge in [0.15, 0.2) is 5.16 Å². The Kier molecular flexibility index (Phi) is 6.80. The number of thiophene rings is 1. The molecule has 2 aromatic heterocycles. The molecule has 29 heavy (non-hydrogen) atoms. The summed E-state index contributed by atoms with van der Waals surface area (Å²) in [5.74, 6) is -0.0979. The lowest BCUT2D eigenvalue weighted by molar-refractivity contribution is -0.115. The normalized spacial score (nSPS) is 12.3. The number of para-hydroxylation sites is 1. The molecule has 0 aliphatic carbocycles. The number of nitrogens with one attached hydrogen (secondary N) is 1. The Labute approximate surface area is 179 Å². The zero-order chi connectivity index (χ0) is 21.1. The molecule has 3 rings (SSSR count). The van der Waals surface area contributed by atoms with E-state index in [0.717, 1.165) is 39.4 Å². The van der Waals surface area contributed by atoms with Crippen LogP contribution in [0.3, 0.4) is 0 Å². The van der Waals surface area contributed by atoms with E-state index >= 15 is 0 Å². The van der Waals surface area contributed by atoms with Gasteiger partial charge in [0.1, 0.15) is 4.83 Å². The highest BCUT2D eigenvalue weighted by molar-refractivity contribution is 8.00. The molecule has 0 saturated carbocycles. The van der Waals surface area contributed by atoms with Crippen LogP contribution in [0.4, 0.5) is 5.69 Å². The summed E-state index contributed by atoms with van der Waals surface area (Å²) in [5, 5.41) is 3.93. The maximum atomic E-state index is 13.2. The van der Waals surface area contributed by atoms with E-state index in [-0.39, 0.29) is 16.7 Å². The lowest BCUT2D eigenvalue weighted by Gasteiger charge is -2.16. The number of aryl methyl sites for hydroxylation is 3. The fourth-order valence-electron chi connectivity index (χ4n) is 3.07. The molecule has 1 unspecified atom stereocenters. The first-order chi connectivity index (χ1) is 13.8. The van der Waals surface area contributed by atoms with E-state index in [0.29, 0.717) is 17.1 Å². The van der Waals surface area contributed by atoms with Crippen LogP contribution in [0.15, 0.2) is 34.2 Å². The molecule has 2 heterocycles. The van der Waals surface area contributed by atoms with Crippen molar-refractivity contribution >= 4 is 44.9 Å². The molecule has 1 atom stereocenters. The second-order valence-corrected chi connectivity index (χ2v) is 9.74. The summed E-state index contributed by atoms with van der Waals surface area (Å²) in [6, 6.07) is 7.70. The van der Waals surface area contributed by atoms with Gasteiger partial charge in [0, 0.05) is 17.1 Å². The lowest BCUT2D eigenvalue weighted by atomic mass is 10.2. The molecule has 0 saturated heterocycles. The topological polar surface area (TPSA) is 64.0 Å². The number of anilines is 1. The fraction of sp³-hybridized carbons (Fsp3) is 0.409. The van der Waals surface area contributed by atoms with Crippen molar-refractivity contribution in [2.24, 2.45) is 0 Å². The standard InChI is InChI=1S/C22H27N3O2S2/c1-6-7-12-25-21(27)18-14(3)15(4)28-20(18)24-22(25)29-16(5)19(26)23-17-11-9-8-10-13(17)2/h8-11,16H,6-7,12H2,1-5H3,(H,23,26). The number of carbonyl (C=O) groups is 1. The number of hydrogen-bond acceptors (Lipinski definition) is 5. The third-order valence-electron chi connectivity index (χ3n) is 5.04. The highest BCUT2D eigenvalue weighted by Crippen LogP contribution is 2.30. The van der Waals surface area contributed by atoms with Crippen LogP contribution in [0.2, 0.25) is 0 Å². The van der Waals surface area contributed by atoms with Crippen molar-refractivity contribution in [3.05, 3.63) is 50.6 Å². The Balaban J connectivity index is 1.92. The fourth-order valence-corrected chi connectivity index (χ4v) is 5.08. The summed E-state index contributed by atoms with van der Waals surface area (Å²) in [7, 11) is 0. The first-order valence-corrected chi connectivity index (χ1v) is 11.6. The van der Waals surface area contributed by atoms with Crippen LogP contribution in [0, 0.1) is 20.8 Å². The molecule has 0 radical (unpaired) electrons. The van der Waals surface area contributed by atoms with Crippen LogP contribution in [-0.4, -0.2) is 20.7 Å². The van der Waals surface area contributed by atoms with Gasteiger partial charge in [-0.1, -0.05) is 43.3 Å². The van der Waals surface area contributed by atoms with Gasteiger partial charge in [0.05, 0.1) is 10.6 Å². The van der Waals surface area contributed by atoms with Crippen LogP contribution in [0.1, 0.15) is 42.7 Å². The van der Waals surface area contributed by atoms with Gasteiger partial charge in [-0.25, -0.2) is 4.98 Å². The first-order valence-electron chi connectivity index (χ1n) is 9.87. The van der Waals surface area contributed by atoms with Gasteiger partial charge >= 0.3 is 0 Å². The monoisotopic (exact) mass is 429 g/mol. The lowest BCUT2D eigenvalue weighted by Crippen LogP contribution is -2.27. The number of aromatic nitrogens is 2. The highest BCUT2D eigenvalue weighted by atomic mass is 32.2. The van der Waals surface area contributed by atoms with Crippen molar-refractivity contribution in [3.8, 4) is 0 Å². The smallest absolute Gasteiger partial charge is 0.263 e. The number of benzene rings is 1. The molecule has 0 fully saturated rings. The van der Waals surface area contributed by atoms with Gasteiger partial charge in [-0.15, -0.1) is 11.3 Å².